The molecular weight excluding hydrogens is 455 g/mol. The quantitative estimate of drug-likeness (QED) is 0.372. The molecule has 0 saturated carbocycles. The molecule has 1 aliphatic carbocycles. The predicted molar refractivity (Wildman–Crippen MR) is 122 cm³/mol. The van der Waals surface area contributed by atoms with Gasteiger partial charge in [-0.25, -0.2) is 9.98 Å². The molecule has 0 spiro atoms. The van der Waals surface area contributed by atoms with Crippen LogP contribution in [0.15, 0.2) is 29.3 Å². The second-order valence-electron chi connectivity index (χ2n) is 6.61. The average molecular weight is 484 g/mol. The molecule has 0 aliphatic heterocycles. The van der Waals surface area contributed by atoms with Gasteiger partial charge in [0.25, 0.3) is 0 Å². The summed E-state index contributed by atoms with van der Waals surface area (Å²) in [5, 5.41) is 7.97. The van der Waals surface area contributed by atoms with Gasteiger partial charge in [0.2, 0.25) is 0 Å². The van der Waals surface area contributed by atoms with Gasteiger partial charge >= 0.3 is 0 Å². The van der Waals surface area contributed by atoms with Crippen LogP contribution in [-0.4, -0.2) is 24.0 Å². The van der Waals surface area contributed by atoms with Gasteiger partial charge in [-0.05, 0) is 51.2 Å². The molecule has 2 aromatic rings. The summed E-state index contributed by atoms with van der Waals surface area (Å²) in [6, 6.07) is 8.86. The number of aliphatic imine (C=N–C) groups is 1. The van der Waals surface area contributed by atoms with Gasteiger partial charge in [-0.3, -0.25) is 0 Å². The number of aromatic nitrogens is 1. The standard InChI is InChI=1S/C20H28N4S.HI/c1-4-21-20(23-13-19-24-14(2)15(3)25-19)22-12-17-10-7-9-16-8-5-6-11-18(16)17;/h5-6,8,11,17H,4,7,9-10,12-13H2,1-3H3,(H2,21,22,23);1H. The minimum Gasteiger partial charge on any atom is -0.357 e. The number of rotatable bonds is 5. The first-order chi connectivity index (χ1) is 12.2. The van der Waals surface area contributed by atoms with Gasteiger partial charge < -0.3 is 10.6 Å². The van der Waals surface area contributed by atoms with Crippen LogP contribution in [0.5, 0.6) is 0 Å². The SMILES string of the molecule is CCNC(=NCc1nc(C)c(C)s1)NCC1CCCc2ccccc21.I. The molecule has 1 aromatic heterocycles. The topological polar surface area (TPSA) is 49.3 Å². The van der Waals surface area contributed by atoms with Crippen LogP contribution in [-0.2, 0) is 13.0 Å². The van der Waals surface area contributed by atoms with E-state index in [9.17, 15) is 0 Å². The Morgan fingerprint density at radius 3 is 2.81 bits per heavy atom. The Labute approximate surface area is 177 Å². The highest BCUT2D eigenvalue weighted by Crippen LogP contribution is 2.30. The van der Waals surface area contributed by atoms with Gasteiger partial charge in [0.05, 0.1) is 12.2 Å². The summed E-state index contributed by atoms with van der Waals surface area (Å²) in [5.41, 5.74) is 4.13. The average Bonchev–Trinajstić information content (AvgIpc) is 2.95. The molecule has 4 nitrogen and oxygen atoms in total. The maximum Gasteiger partial charge on any atom is 0.191 e. The monoisotopic (exact) mass is 484 g/mol. The molecule has 1 aliphatic rings. The third-order valence-corrected chi connectivity index (χ3v) is 5.86. The third kappa shape index (κ3) is 5.42. The lowest BCUT2D eigenvalue weighted by atomic mass is 9.83. The number of benzene rings is 1. The Bertz CT molecular complexity index is 722. The predicted octanol–water partition coefficient (Wildman–Crippen LogP) is 4.55. The van der Waals surface area contributed by atoms with Crippen LogP contribution in [0.2, 0.25) is 0 Å². The first-order valence-electron chi connectivity index (χ1n) is 9.20. The molecule has 0 saturated heterocycles. The van der Waals surface area contributed by atoms with Crippen molar-refractivity contribution in [2.75, 3.05) is 13.1 Å². The van der Waals surface area contributed by atoms with E-state index < -0.39 is 0 Å². The molecule has 2 N–H and O–H groups in total. The normalized spacial score (nSPS) is 16.6. The van der Waals surface area contributed by atoms with Crippen molar-refractivity contribution < 1.29 is 0 Å². The lowest BCUT2D eigenvalue weighted by Crippen LogP contribution is -2.39. The number of nitrogens with one attached hydrogen (secondary N) is 2. The number of thiazole rings is 1. The fraction of sp³-hybridized carbons (Fsp3) is 0.500. The van der Waals surface area contributed by atoms with Crippen LogP contribution in [0.25, 0.3) is 0 Å². The minimum atomic E-state index is 0. The molecule has 3 rings (SSSR count). The second-order valence-corrected chi connectivity index (χ2v) is 7.90. The summed E-state index contributed by atoms with van der Waals surface area (Å²) in [7, 11) is 0. The Morgan fingerprint density at radius 2 is 2.08 bits per heavy atom. The fourth-order valence-corrected chi connectivity index (χ4v) is 4.24. The summed E-state index contributed by atoms with van der Waals surface area (Å²) < 4.78 is 0. The molecule has 1 aromatic carbocycles. The number of halogens is 1. The molecule has 0 radical (unpaired) electrons. The zero-order valence-corrected chi connectivity index (χ0v) is 19.0. The van der Waals surface area contributed by atoms with Crippen molar-refractivity contribution in [1.82, 2.24) is 15.6 Å². The van der Waals surface area contributed by atoms with E-state index in [1.165, 1.54) is 35.3 Å². The van der Waals surface area contributed by atoms with Gasteiger partial charge in [0.1, 0.15) is 5.01 Å². The number of guanidine groups is 1. The molecule has 0 amide bonds. The van der Waals surface area contributed by atoms with E-state index in [0.29, 0.717) is 12.5 Å². The summed E-state index contributed by atoms with van der Waals surface area (Å²) in [5.74, 6) is 1.45. The van der Waals surface area contributed by atoms with Crippen LogP contribution >= 0.6 is 35.3 Å². The van der Waals surface area contributed by atoms with E-state index in [2.05, 4.69) is 60.7 Å². The van der Waals surface area contributed by atoms with E-state index in [1.54, 1.807) is 11.3 Å². The van der Waals surface area contributed by atoms with Crippen molar-refractivity contribution in [2.24, 2.45) is 4.99 Å². The smallest absolute Gasteiger partial charge is 0.191 e. The van der Waals surface area contributed by atoms with Crippen molar-refractivity contribution >= 4 is 41.3 Å². The van der Waals surface area contributed by atoms with Crippen LogP contribution in [0.3, 0.4) is 0 Å². The van der Waals surface area contributed by atoms with Crippen molar-refractivity contribution in [2.45, 2.75) is 52.5 Å². The zero-order chi connectivity index (χ0) is 17.6. The lowest BCUT2D eigenvalue weighted by Gasteiger charge is -2.26. The van der Waals surface area contributed by atoms with E-state index in [4.69, 9.17) is 4.99 Å². The Hall–Kier alpha value is -1.15. The fourth-order valence-electron chi connectivity index (χ4n) is 3.38. The highest BCUT2D eigenvalue weighted by Gasteiger charge is 2.19. The summed E-state index contributed by atoms with van der Waals surface area (Å²) in [4.78, 5) is 10.6. The number of fused-ring (bicyclic) bond motifs is 1. The maximum absolute atomic E-state index is 4.72. The molecular formula is C20H29IN4S. The van der Waals surface area contributed by atoms with E-state index >= 15 is 0 Å². The van der Waals surface area contributed by atoms with E-state index in [0.717, 1.165) is 29.8 Å². The van der Waals surface area contributed by atoms with Crippen molar-refractivity contribution in [3.8, 4) is 0 Å². The Balaban J connectivity index is 0.00000243. The number of aryl methyl sites for hydroxylation is 3. The molecule has 1 unspecified atom stereocenters. The van der Waals surface area contributed by atoms with Crippen molar-refractivity contribution in [3.05, 3.63) is 51.0 Å². The highest BCUT2D eigenvalue weighted by atomic mass is 127. The molecule has 6 heteroatoms. The third-order valence-electron chi connectivity index (χ3n) is 4.80. The minimum absolute atomic E-state index is 0. The maximum atomic E-state index is 4.72. The first kappa shape index (κ1) is 21.2. The van der Waals surface area contributed by atoms with Gasteiger partial charge in [0.15, 0.2) is 5.96 Å². The van der Waals surface area contributed by atoms with Gasteiger partial charge in [-0.15, -0.1) is 35.3 Å². The lowest BCUT2D eigenvalue weighted by molar-refractivity contribution is 0.539. The van der Waals surface area contributed by atoms with Crippen LogP contribution < -0.4 is 10.6 Å². The molecule has 26 heavy (non-hydrogen) atoms. The molecule has 1 heterocycles. The molecule has 0 fully saturated rings. The van der Waals surface area contributed by atoms with Crippen LogP contribution in [0.1, 0.15) is 52.4 Å². The van der Waals surface area contributed by atoms with Gasteiger partial charge in [0, 0.05) is 23.9 Å². The Kier molecular flexibility index (Phi) is 8.34. The van der Waals surface area contributed by atoms with E-state index in [1.807, 2.05) is 0 Å². The summed E-state index contributed by atoms with van der Waals surface area (Å²) in [6.07, 6.45) is 3.73. The molecule has 0 bridgehead atoms. The summed E-state index contributed by atoms with van der Waals surface area (Å²) in [6.45, 7) is 8.70. The highest BCUT2D eigenvalue weighted by molar-refractivity contribution is 14.0. The van der Waals surface area contributed by atoms with Crippen molar-refractivity contribution in [1.29, 1.82) is 0 Å². The Morgan fingerprint density at radius 1 is 1.27 bits per heavy atom. The molecule has 1 atom stereocenters. The number of hydrogen-bond donors (Lipinski definition) is 2. The van der Waals surface area contributed by atoms with Crippen molar-refractivity contribution in [3.63, 3.8) is 0 Å². The number of hydrogen-bond acceptors (Lipinski definition) is 3. The number of nitrogens with zero attached hydrogens (tertiary/aromatic N) is 2. The van der Waals surface area contributed by atoms with Gasteiger partial charge in [-0.2, -0.15) is 0 Å². The largest absolute Gasteiger partial charge is 0.357 e. The zero-order valence-electron chi connectivity index (χ0n) is 15.8. The first-order valence-corrected chi connectivity index (χ1v) is 10.0. The molecule has 142 valence electrons. The van der Waals surface area contributed by atoms with E-state index in [-0.39, 0.29) is 24.0 Å². The van der Waals surface area contributed by atoms with Crippen LogP contribution in [0, 0.1) is 13.8 Å². The van der Waals surface area contributed by atoms with Crippen LogP contribution in [0.4, 0.5) is 0 Å². The summed E-state index contributed by atoms with van der Waals surface area (Å²) >= 11 is 1.74. The second kappa shape index (κ2) is 10.3. The van der Waals surface area contributed by atoms with Gasteiger partial charge in [-0.1, -0.05) is 24.3 Å².